The van der Waals surface area contributed by atoms with E-state index in [9.17, 15) is 4.79 Å². The molecule has 0 aromatic heterocycles. The van der Waals surface area contributed by atoms with Gasteiger partial charge in [-0.15, -0.1) is 0 Å². The number of rotatable bonds is 1. The van der Waals surface area contributed by atoms with Crippen LogP contribution in [0.3, 0.4) is 0 Å². The predicted octanol–water partition coefficient (Wildman–Crippen LogP) is 2.43. The molecule has 0 bridgehead atoms. The molecular formula is C10H7ClOS. The Hall–Kier alpha value is -0.910. The number of aldehydes is 1. The molecule has 0 N–H and O–H groups in total. The molecule has 0 unspecified atom stereocenters. The van der Waals surface area contributed by atoms with Crippen molar-refractivity contribution >= 4 is 30.5 Å². The van der Waals surface area contributed by atoms with Gasteiger partial charge in [-0.25, -0.2) is 0 Å². The Kier molecular flexibility index (Phi) is 3.88. The van der Waals surface area contributed by atoms with Crippen molar-refractivity contribution in [2.45, 2.75) is 0 Å². The molecule has 0 spiro atoms. The zero-order valence-electron chi connectivity index (χ0n) is 6.75. The molecule has 0 heterocycles. The first-order valence-corrected chi connectivity index (χ1v) is 4.63. The van der Waals surface area contributed by atoms with E-state index < -0.39 is 0 Å². The van der Waals surface area contributed by atoms with Gasteiger partial charge < -0.3 is 0 Å². The molecule has 0 aliphatic carbocycles. The van der Waals surface area contributed by atoms with E-state index in [1.807, 2.05) is 0 Å². The van der Waals surface area contributed by atoms with Crippen LogP contribution in [0.1, 0.15) is 15.9 Å². The maximum Gasteiger partial charge on any atom is 0.151 e. The lowest BCUT2D eigenvalue weighted by Crippen LogP contribution is -1.83. The van der Waals surface area contributed by atoms with E-state index >= 15 is 0 Å². The third kappa shape index (κ3) is 2.80. The highest BCUT2D eigenvalue weighted by atomic mass is 35.5. The summed E-state index contributed by atoms with van der Waals surface area (Å²) < 4.78 is 0. The normalized spacial score (nSPS) is 8.77. The van der Waals surface area contributed by atoms with Crippen molar-refractivity contribution < 1.29 is 4.79 Å². The predicted molar refractivity (Wildman–Crippen MR) is 57.6 cm³/mol. The summed E-state index contributed by atoms with van der Waals surface area (Å²) in [5.41, 5.74) is 1.24. The highest BCUT2D eigenvalue weighted by Gasteiger charge is 1.98. The molecule has 1 aromatic carbocycles. The zero-order chi connectivity index (χ0) is 9.68. The summed E-state index contributed by atoms with van der Waals surface area (Å²) in [6.45, 7) is 0. The van der Waals surface area contributed by atoms with Gasteiger partial charge in [-0.2, -0.15) is 12.6 Å². The largest absolute Gasteiger partial charge is 0.298 e. The average Bonchev–Trinajstić information content (AvgIpc) is 2.16. The van der Waals surface area contributed by atoms with Gasteiger partial charge in [-0.3, -0.25) is 4.79 Å². The Morgan fingerprint density at radius 2 is 2.31 bits per heavy atom. The number of carbonyl (C=O) groups excluding carboxylic acids is 1. The molecular weight excluding hydrogens is 204 g/mol. The smallest absolute Gasteiger partial charge is 0.151 e. The minimum atomic E-state index is 0.450. The van der Waals surface area contributed by atoms with Crippen LogP contribution in [0.2, 0.25) is 5.02 Å². The van der Waals surface area contributed by atoms with Crippen molar-refractivity contribution in [3.8, 4) is 11.8 Å². The van der Waals surface area contributed by atoms with Gasteiger partial charge in [0, 0.05) is 11.1 Å². The molecule has 0 saturated carbocycles. The minimum absolute atomic E-state index is 0.450. The molecule has 1 aromatic rings. The fourth-order valence-electron chi connectivity index (χ4n) is 0.853. The first-order chi connectivity index (χ1) is 6.27. The SMILES string of the molecule is O=Cc1cc(C#CCS)ccc1Cl. The lowest BCUT2D eigenvalue weighted by Gasteiger charge is -1.95. The van der Waals surface area contributed by atoms with Gasteiger partial charge in [0.15, 0.2) is 6.29 Å². The molecule has 0 fully saturated rings. The molecule has 0 atom stereocenters. The van der Waals surface area contributed by atoms with E-state index in [0.717, 1.165) is 5.56 Å². The Labute approximate surface area is 87.5 Å². The number of hydrogen-bond acceptors (Lipinski definition) is 2. The fraction of sp³-hybridized carbons (Fsp3) is 0.100. The second-order valence-corrected chi connectivity index (χ2v) is 3.04. The molecule has 0 radical (unpaired) electrons. The van der Waals surface area contributed by atoms with Crippen LogP contribution in [0.25, 0.3) is 0 Å². The van der Waals surface area contributed by atoms with E-state index in [2.05, 4.69) is 24.5 Å². The van der Waals surface area contributed by atoms with Crippen LogP contribution < -0.4 is 0 Å². The monoisotopic (exact) mass is 210 g/mol. The third-order valence-corrected chi connectivity index (χ3v) is 1.94. The van der Waals surface area contributed by atoms with E-state index in [1.165, 1.54) is 0 Å². The van der Waals surface area contributed by atoms with Crippen LogP contribution in [0.5, 0.6) is 0 Å². The van der Waals surface area contributed by atoms with Crippen LogP contribution in [-0.4, -0.2) is 12.0 Å². The number of halogens is 1. The quantitative estimate of drug-likeness (QED) is 0.428. The Balaban J connectivity index is 3.06. The first kappa shape index (κ1) is 10.2. The van der Waals surface area contributed by atoms with Crippen LogP contribution in [0.15, 0.2) is 18.2 Å². The summed E-state index contributed by atoms with van der Waals surface area (Å²) in [5.74, 6) is 6.14. The lowest BCUT2D eigenvalue weighted by molar-refractivity contribution is 0.112. The summed E-state index contributed by atoms with van der Waals surface area (Å²) in [6.07, 6.45) is 0.716. The summed E-state index contributed by atoms with van der Waals surface area (Å²) in [7, 11) is 0. The van der Waals surface area contributed by atoms with E-state index in [0.29, 0.717) is 22.6 Å². The van der Waals surface area contributed by atoms with Crippen molar-refractivity contribution in [3.63, 3.8) is 0 Å². The minimum Gasteiger partial charge on any atom is -0.298 e. The standard InChI is InChI=1S/C10H7ClOS/c11-10-4-3-8(2-1-5-13)6-9(10)7-12/h3-4,6-7,13H,5H2. The van der Waals surface area contributed by atoms with Gasteiger partial charge in [-0.05, 0) is 18.2 Å². The van der Waals surface area contributed by atoms with Crippen molar-refractivity contribution in [1.82, 2.24) is 0 Å². The van der Waals surface area contributed by atoms with E-state index in [4.69, 9.17) is 11.6 Å². The number of benzene rings is 1. The highest BCUT2D eigenvalue weighted by Crippen LogP contribution is 2.14. The van der Waals surface area contributed by atoms with Gasteiger partial charge in [0.05, 0.1) is 10.8 Å². The maximum atomic E-state index is 10.5. The Morgan fingerprint density at radius 1 is 1.54 bits per heavy atom. The van der Waals surface area contributed by atoms with Crippen molar-refractivity contribution in [2.75, 3.05) is 5.75 Å². The van der Waals surface area contributed by atoms with E-state index in [-0.39, 0.29) is 0 Å². The first-order valence-electron chi connectivity index (χ1n) is 3.62. The zero-order valence-corrected chi connectivity index (χ0v) is 8.40. The Bertz CT molecular complexity index is 376. The van der Waals surface area contributed by atoms with Crippen LogP contribution in [0.4, 0.5) is 0 Å². The lowest BCUT2D eigenvalue weighted by atomic mass is 10.1. The molecule has 0 aliphatic rings. The van der Waals surface area contributed by atoms with Crippen molar-refractivity contribution in [3.05, 3.63) is 34.3 Å². The fourth-order valence-corrected chi connectivity index (χ4v) is 1.09. The second-order valence-electron chi connectivity index (χ2n) is 2.31. The van der Waals surface area contributed by atoms with E-state index in [1.54, 1.807) is 18.2 Å². The van der Waals surface area contributed by atoms with Gasteiger partial charge in [0.2, 0.25) is 0 Å². The molecule has 0 aliphatic heterocycles. The van der Waals surface area contributed by atoms with Crippen LogP contribution >= 0.6 is 24.2 Å². The van der Waals surface area contributed by atoms with Crippen molar-refractivity contribution in [1.29, 1.82) is 0 Å². The van der Waals surface area contributed by atoms with Gasteiger partial charge in [0.25, 0.3) is 0 Å². The molecule has 0 saturated heterocycles. The molecule has 1 nitrogen and oxygen atoms in total. The van der Waals surface area contributed by atoms with Crippen molar-refractivity contribution in [2.24, 2.45) is 0 Å². The summed E-state index contributed by atoms with van der Waals surface area (Å²) in [6, 6.07) is 5.09. The van der Waals surface area contributed by atoms with Crippen LogP contribution in [0, 0.1) is 11.8 Å². The number of thiol groups is 1. The molecule has 13 heavy (non-hydrogen) atoms. The molecule has 66 valence electrons. The van der Waals surface area contributed by atoms with Gasteiger partial charge in [0.1, 0.15) is 0 Å². The summed E-state index contributed by atoms with van der Waals surface area (Å²) in [5, 5.41) is 0.450. The Morgan fingerprint density at radius 3 is 2.92 bits per heavy atom. The number of hydrogen-bond donors (Lipinski definition) is 1. The van der Waals surface area contributed by atoms with Gasteiger partial charge in [-0.1, -0.05) is 23.4 Å². The highest BCUT2D eigenvalue weighted by molar-refractivity contribution is 7.80. The molecule has 1 rings (SSSR count). The molecule has 3 heteroatoms. The van der Waals surface area contributed by atoms with Gasteiger partial charge >= 0.3 is 0 Å². The second kappa shape index (κ2) is 4.96. The third-order valence-electron chi connectivity index (χ3n) is 1.43. The van der Waals surface area contributed by atoms with Crippen LogP contribution in [-0.2, 0) is 0 Å². The average molecular weight is 211 g/mol. The maximum absolute atomic E-state index is 10.5. The summed E-state index contributed by atoms with van der Waals surface area (Å²) >= 11 is 9.69. The molecule has 0 amide bonds. The topological polar surface area (TPSA) is 17.1 Å². The summed E-state index contributed by atoms with van der Waals surface area (Å²) in [4.78, 5) is 10.5. The number of carbonyl (C=O) groups is 1.